The second kappa shape index (κ2) is 6.78. The molecule has 1 aliphatic carbocycles. The minimum Gasteiger partial charge on any atom is -0.505 e. The zero-order valence-electron chi connectivity index (χ0n) is 13.9. The van der Waals surface area contributed by atoms with Gasteiger partial charge in [0.2, 0.25) is 0 Å². The van der Waals surface area contributed by atoms with Crippen molar-refractivity contribution < 1.29 is 5.11 Å². The van der Waals surface area contributed by atoms with Gasteiger partial charge in [0, 0.05) is 11.1 Å². The fraction of sp³-hybridized carbons (Fsp3) is 0.0870. The zero-order chi connectivity index (χ0) is 17.1. The van der Waals surface area contributed by atoms with E-state index in [1.807, 2.05) is 60.7 Å². The van der Waals surface area contributed by atoms with Crippen LogP contribution in [0.5, 0.6) is 5.75 Å². The minimum atomic E-state index is 0.254. The van der Waals surface area contributed by atoms with Crippen LogP contribution in [0.4, 0.5) is 5.69 Å². The number of allylic oxidation sites excluding steroid dienone is 3. The molecule has 0 amide bonds. The van der Waals surface area contributed by atoms with Crippen LogP contribution in [0.2, 0.25) is 0 Å². The molecule has 0 aliphatic heterocycles. The highest BCUT2D eigenvalue weighted by Gasteiger charge is 2.09. The lowest BCUT2D eigenvalue weighted by Crippen LogP contribution is -2.00. The fourth-order valence-electron chi connectivity index (χ4n) is 3.11. The highest BCUT2D eigenvalue weighted by atomic mass is 16.3. The van der Waals surface area contributed by atoms with Crippen molar-refractivity contribution in [3.63, 3.8) is 0 Å². The molecule has 2 heteroatoms. The van der Waals surface area contributed by atoms with Gasteiger partial charge in [-0.05, 0) is 41.5 Å². The number of phenolic OH excluding ortho intramolecular Hbond substituents is 1. The molecule has 0 radical (unpaired) electrons. The Kier molecular flexibility index (Phi) is 4.17. The predicted molar refractivity (Wildman–Crippen MR) is 106 cm³/mol. The summed E-state index contributed by atoms with van der Waals surface area (Å²) in [6.45, 7) is 0. The molecule has 0 saturated heterocycles. The van der Waals surface area contributed by atoms with Gasteiger partial charge in [0.05, 0.1) is 0 Å². The first-order valence-corrected chi connectivity index (χ1v) is 8.51. The largest absolute Gasteiger partial charge is 0.505 e. The van der Waals surface area contributed by atoms with Crippen LogP contribution in [0.1, 0.15) is 18.4 Å². The van der Waals surface area contributed by atoms with Gasteiger partial charge in [0.15, 0.2) is 0 Å². The molecule has 0 saturated carbocycles. The molecule has 1 aliphatic rings. The first-order chi connectivity index (χ1) is 12.3. The maximum atomic E-state index is 10.5. The minimum absolute atomic E-state index is 0.254. The van der Waals surface area contributed by atoms with Crippen LogP contribution in [0.15, 0.2) is 89.4 Å². The van der Waals surface area contributed by atoms with Gasteiger partial charge >= 0.3 is 0 Å². The summed E-state index contributed by atoms with van der Waals surface area (Å²) in [5.74, 6) is 0.254. The number of hydrogen-bond donors (Lipinski definition) is 1. The Morgan fingerprint density at radius 1 is 0.800 bits per heavy atom. The summed E-state index contributed by atoms with van der Waals surface area (Å²) in [7, 11) is 0. The van der Waals surface area contributed by atoms with Gasteiger partial charge in [-0.2, -0.15) is 0 Å². The third kappa shape index (κ3) is 3.38. The molecule has 122 valence electrons. The van der Waals surface area contributed by atoms with E-state index in [4.69, 9.17) is 0 Å². The van der Waals surface area contributed by atoms with Gasteiger partial charge in [-0.25, -0.2) is 4.99 Å². The number of benzene rings is 3. The predicted octanol–water partition coefficient (Wildman–Crippen LogP) is 6.05. The molecule has 0 spiro atoms. The number of hydrogen-bond acceptors (Lipinski definition) is 2. The number of nitrogens with zero attached hydrogens (tertiary/aromatic N) is 1. The second-order valence-electron chi connectivity index (χ2n) is 6.22. The van der Waals surface area contributed by atoms with Crippen molar-refractivity contribution in [1.29, 1.82) is 0 Å². The van der Waals surface area contributed by atoms with Crippen LogP contribution < -0.4 is 0 Å². The third-order valence-electron chi connectivity index (χ3n) is 4.45. The van der Waals surface area contributed by atoms with Crippen LogP contribution in [0.3, 0.4) is 0 Å². The number of aliphatic imine (C=N–C) groups is 1. The lowest BCUT2D eigenvalue weighted by molar-refractivity contribution is 0.483. The molecule has 25 heavy (non-hydrogen) atoms. The Morgan fingerprint density at radius 3 is 2.40 bits per heavy atom. The second-order valence-corrected chi connectivity index (χ2v) is 6.22. The SMILES string of the molecule is Oc1c(N=C2C=CC(=Cc3ccccc3)CC2)ccc2ccccc12. The molecular weight excluding hydrogens is 306 g/mol. The standard InChI is InChI=1S/C23H19NO/c25-23-21-9-5-4-8-19(21)12-15-22(23)24-20-13-10-18(11-14-20)16-17-6-2-1-3-7-17/h1-10,12-13,15-16,25H,11,14H2. The summed E-state index contributed by atoms with van der Waals surface area (Å²) < 4.78 is 0. The van der Waals surface area contributed by atoms with Crippen molar-refractivity contribution in [2.24, 2.45) is 4.99 Å². The van der Waals surface area contributed by atoms with E-state index in [2.05, 4.69) is 29.3 Å². The molecule has 0 heterocycles. The molecular formula is C23H19NO. The summed E-state index contributed by atoms with van der Waals surface area (Å²) in [5.41, 5.74) is 4.15. The van der Waals surface area contributed by atoms with E-state index in [1.165, 1.54) is 11.1 Å². The molecule has 0 fully saturated rings. The molecule has 0 bridgehead atoms. The molecule has 3 aromatic carbocycles. The van der Waals surface area contributed by atoms with E-state index in [9.17, 15) is 5.11 Å². The van der Waals surface area contributed by atoms with E-state index >= 15 is 0 Å². The van der Waals surface area contributed by atoms with E-state index < -0.39 is 0 Å². The molecule has 0 atom stereocenters. The van der Waals surface area contributed by atoms with E-state index in [1.54, 1.807) is 0 Å². The highest BCUT2D eigenvalue weighted by molar-refractivity contribution is 6.01. The van der Waals surface area contributed by atoms with Crippen molar-refractivity contribution >= 4 is 28.2 Å². The Labute approximate surface area is 147 Å². The van der Waals surface area contributed by atoms with Crippen LogP contribution in [0, 0.1) is 0 Å². The Hall–Kier alpha value is -3.13. The highest BCUT2D eigenvalue weighted by Crippen LogP contribution is 2.35. The van der Waals surface area contributed by atoms with Crippen molar-refractivity contribution in [1.82, 2.24) is 0 Å². The van der Waals surface area contributed by atoms with Gasteiger partial charge < -0.3 is 5.11 Å². The van der Waals surface area contributed by atoms with Crippen molar-refractivity contribution in [2.75, 3.05) is 0 Å². The Morgan fingerprint density at radius 2 is 1.60 bits per heavy atom. The van der Waals surface area contributed by atoms with Gasteiger partial charge in [-0.1, -0.05) is 72.8 Å². The van der Waals surface area contributed by atoms with Crippen molar-refractivity contribution in [3.05, 3.63) is 90.0 Å². The maximum absolute atomic E-state index is 10.5. The average Bonchev–Trinajstić information content (AvgIpc) is 2.67. The van der Waals surface area contributed by atoms with Gasteiger partial charge in [-0.3, -0.25) is 0 Å². The Balaban J connectivity index is 1.61. The van der Waals surface area contributed by atoms with Gasteiger partial charge in [0.1, 0.15) is 11.4 Å². The molecule has 2 nitrogen and oxygen atoms in total. The summed E-state index contributed by atoms with van der Waals surface area (Å²) in [5, 5.41) is 12.4. The smallest absolute Gasteiger partial charge is 0.149 e. The maximum Gasteiger partial charge on any atom is 0.149 e. The number of phenols is 1. The van der Waals surface area contributed by atoms with Crippen LogP contribution in [-0.4, -0.2) is 10.8 Å². The average molecular weight is 325 g/mol. The molecule has 1 N–H and O–H groups in total. The van der Waals surface area contributed by atoms with Gasteiger partial charge in [0.25, 0.3) is 0 Å². The first kappa shape index (κ1) is 15.4. The zero-order valence-corrected chi connectivity index (χ0v) is 13.9. The summed E-state index contributed by atoms with van der Waals surface area (Å²) in [6.07, 6.45) is 8.21. The number of rotatable bonds is 2. The van der Waals surface area contributed by atoms with Crippen LogP contribution >= 0.6 is 0 Å². The quantitative estimate of drug-likeness (QED) is 0.611. The third-order valence-corrected chi connectivity index (χ3v) is 4.45. The lowest BCUT2D eigenvalue weighted by Gasteiger charge is -2.11. The monoisotopic (exact) mass is 325 g/mol. The van der Waals surface area contributed by atoms with E-state index in [0.29, 0.717) is 5.69 Å². The molecule has 3 aromatic rings. The van der Waals surface area contributed by atoms with Crippen molar-refractivity contribution in [3.8, 4) is 5.75 Å². The lowest BCUT2D eigenvalue weighted by atomic mass is 9.98. The summed E-state index contributed by atoms with van der Waals surface area (Å²) >= 11 is 0. The Bertz CT molecular complexity index is 997. The molecule has 0 unspecified atom stereocenters. The first-order valence-electron chi connectivity index (χ1n) is 8.51. The normalized spacial score (nSPS) is 17.4. The van der Waals surface area contributed by atoms with Crippen LogP contribution in [-0.2, 0) is 0 Å². The molecule has 4 rings (SSSR count). The summed E-state index contributed by atoms with van der Waals surface area (Å²) in [4.78, 5) is 4.66. The van der Waals surface area contributed by atoms with Crippen molar-refractivity contribution in [2.45, 2.75) is 12.8 Å². The van der Waals surface area contributed by atoms with E-state index in [0.717, 1.165) is 29.3 Å². The summed E-state index contributed by atoms with van der Waals surface area (Å²) in [6, 6.07) is 22.0. The van der Waals surface area contributed by atoms with Crippen LogP contribution in [0.25, 0.3) is 16.8 Å². The number of fused-ring (bicyclic) bond motifs is 1. The van der Waals surface area contributed by atoms with Gasteiger partial charge in [-0.15, -0.1) is 0 Å². The topological polar surface area (TPSA) is 32.6 Å². The molecule has 0 aromatic heterocycles. The van der Waals surface area contributed by atoms with E-state index in [-0.39, 0.29) is 5.75 Å². The number of aromatic hydroxyl groups is 1. The fourth-order valence-corrected chi connectivity index (χ4v) is 3.11.